The molecule has 0 saturated carbocycles. The summed E-state index contributed by atoms with van der Waals surface area (Å²) >= 11 is 5.95. The molecule has 4 aromatic carbocycles. The Balaban J connectivity index is 1.31. The minimum absolute atomic E-state index is 0.131. The van der Waals surface area contributed by atoms with Crippen molar-refractivity contribution in [3.05, 3.63) is 113 Å². The van der Waals surface area contributed by atoms with Crippen LogP contribution in [0.4, 0.5) is 0 Å². The monoisotopic (exact) mass is 551 g/mol. The molecule has 4 rings (SSSR count). The lowest BCUT2D eigenvalue weighted by Gasteiger charge is -2.13. The van der Waals surface area contributed by atoms with Gasteiger partial charge in [0, 0.05) is 18.1 Å². The number of ether oxygens (including phenoxy) is 1. The Labute approximate surface area is 226 Å². The third kappa shape index (κ3) is 6.79. The van der Waals surface area contributed by atoms with E-state index in [1.807, 2.05) is 0 Å². The quantitative estimate of drug-likeness (QED) is 0.218. The first kappa shape index (κ1) is 27.3. The molecule has 0 amide bonds. The minimum atomic E-state index is -3.74. The van der Waals surface area contributed by atoms with Gasteiger partial charge in [-0.2, -0.15) is 0 Å². The topological polar surface area (TPSA) is 113 Å². The summed E-state index contributed by atoms with van der Waals surface area (Å²) in [4.78, 5) is 11.5. The highest BCUT2D eigenvalue weighted by Crippen LogP contribution is 2.27. The van der Waals surface area contributed by atoms with Crippen LogP contribution in [-0.2, 0) is 9.84 Å². The first-order valence-electron chi connectivity index (χ1n) is 11.8. The zero-order valence-electron chi connectivity index (χ0n) is 20.2. The molecule has 196 valence electrons. The van der Waals surface area contributed by atoms with E-state index in [0.29, 0.717) is 41.6 Å². The van der Waals surface area contributed by atoms with Crippen molar-refractivity contribution in [2.75, 3.05) is 19.7 Å². The number of aromatic carboxylic acids is 1. The molecule has 0 aliphatic carbocycles. The van der Waals surface area contributed by atoms with Gasteiger partial charge in [-0.3, -0.25) is 0 Å². The summed E-state index contributed by atoms with van der Waals surface area (Å²) < 4.78 is 31.8. The van der Waals surface area contributed by atoms with E-state index >= 15 is 0 Å². The largest absolute Gasteiger partial charge is 0.492 e. The van der Waals surface area contributed by atoms with Crippen molar-refractivity contribution in [2.45, 2.75) is 15.9 Å². The molecule has 0 spiro atoms. The molecule has 38 heavy (non-hydrogen) atoms. The highest BCUT2D eigenvalue weighted by molar-refractivity contribution is 7.91. The van der Waals surface area contributed by atoms with E-state index in [4.69, 9.17) is 16.3 Å². The number of carbonyl (C=O) groups is 1. The SMILES string of the molecule is O=C(O)c1cccc(-c2ccc(S(=O)(=O)c3ccc(OCCNC[C@H](O)c4cccc(Cl)c4)cc3)cc2)c1. The molecule has 0 aliphatic heterocycles. The highest BCUT2D eigenvalue weighted by Gasteiger charge is 2.18. The van der Waals surface area contributed by atoms with E-state index in [1.165, 1.54) is 30.3 Å². The second-order valence-corrected chi connectivity index (χ2v) is 10.9. The Morgan fingerprint density at radius 3 is 2.18 bits per heavy atom. The van der Waals surface area contributed by atoms with Crippen LogP contribution in [0.3, 0.4) is 0 Å². The van der Waals surface area contributed by atoms with E-state index in [0.717, 1.165) is 5.56 Å². The number of nitrogens with one attached hydrogen (secondary N) is 1. The zero-order valence-corrected chi connectivity index (χ0v) is 21.8. The molecule has 9 heteroatoms. The van der Waals surface area contributed by atoms with Crippen LogP contribution in [0.25, 0.3) is 11.1 Å². The van der Waals surface area contributed by atoms with E-state index in [-0.39, 0.29) is 15.4 Å². The van der Waals surface area contributed by atoms with Crippen LogP contribution in [0.1, 0.15) is 22.0 Å². The lowest BCUT2D eigenvalue weighted by atomic mass is 10.0. The number of rotatable bonds is 11. The van der Waals surface area contributed by atoms with Crippen molar-refractivity contribution in [2.24, 2.45) is 0 Å². The number of sulfone groups is 1. The molecule has 0 heterocycles. The maximum atomic E-state index is 13.1. The first-order valence-corrected chi connectivity index (χ1v) is 13.7. The maximum absolute atomic E-state index is 13.1. The Kier molecular flexibility index (Phi) is 8.81. The number of aliphatic hydroxyl groups is 1. The van der Waals surface area contributed by atoms with E-state index < -0.39 is 21.9 Å². The Morgan fingerprint density at radius 1 is 0.868 bits per heavy atom. The van der Waals surface area contributed by atoms with Crippen molar-refractivity contribution in [1.29, 1.82) is 0 Å². The molecular formula is C29H26ClNO6S. The predicted octanol–water partition coefficient (Wildman–Crippen LogP) is 5.24. The highest BCUT2D eigenvalue weighted by atomic mass is 35.5. The number of carboxylic acid groups (broad SMARTS) is 1. The van der Waals surface area contributed by atoms with Crippen LogP contribution in [-0.4, -0.2) is 44.3 Å². The number of benzene rings is 4. The fourth-order valence-corrected chi connectivity index (χ4v) is 5.28. The standard InChI is InChI=1S/C29H26ClNO6S/c30-24-6-2-4-22(18-24)28(32)19-31-15-16-37-25-9-13-27(14-10-25)38(35,36)26-11-7-20(8-12-26)21-3-1-5-23(17-21)29(33)34/h1-14,17-18,28,31-32H,15-16,19H2,(H,33,34)/t28-/m0/s1. The van der Waals surface area contributed by atoms with Gasteiger partial charge in [-0.05, 0) is 77.4 Å². The van der Waals surface area contributed by atoms with Gasteiger partial charge in [-0.15, -0.1) is 0 Å². The summed E-state index contributed by atoms with van der Waals surface area (Å²) in [6.07, 6.45) is -0.692. The van der Waals surface area contributed by atoms with E-state index in [9.17, 15) is 23.4 Å². The van der Waals surface area contributed by atoms with E-state index in [1.54, 1.807) is 66.7 Å². The Hall–Kier alpha value is -3.69. The Morgan fingerprint density at radius 2 is 1.53 bits per heavy atom. The minimum Gasteiger partial charge on any atom is -0.492 e. The third-order valence-corrected chi connectivity index (χ3v) is 7.88. The van der Waals surface area contributed by atoms with Gasteiger partial charge in [0.1, 0.15) is 12.4 Å². The van der Waals surface area contributed by atoms with Crippen LogP contribution in [0.5, 0.6) is 5.75 Å². The van der Waals surface area contributed by atoms with Gasteiger partial charge in [-0.25, -0.2) is 13.2 Å². The Bertz CT molecular complexity index is 1510. The molecule has 0 aliphatic rings. The second-order valence-electron chi connectivity index (χ2n) is 8.51. The van der Waals surface area contributed by atoms with Crippen LogP contribution < -0.4 is 10.1 Å². The van der Waals surface area contributed by atoms with Gasteiger partial charge in [-0.1, -0.05) is 48.0 Å². The van der Waals surface area contributed by atoms with Gasteiger partial charge >= 0.3 is 5.97 Å². The van der Waals surface area contributed by atoms with Crippen molar-refractivity contribution in [1.82, 2.24) is 5.32 Å². The fourth-order valence-electron chi connectivity index (χ4n) is 3.82. The summed E-state index contributed by atoms with van der Waals surface area (Å²) in [6, 6.07) is 26.0. The lowest BCUT2D eigenvalue weighted by molar-refractivity contribution is 0.0697. The number of carboxylic acids is 1. The lowest BCUT2D eigenvalue weighted by Crippen LogP contribution is -2.26. The summed E-state index contributed by atoms with van der Waals surface area (Å²) in [5.41, 5.74) is 2.28. The zero-order chi connectivity index (χ0) is 27.1. The van der Waals surface area contributed by atoms with Gasteiger partial charge in [0.2, 0.25) is 9.84 Å². The molecule has 7 nitrogen and oxygen atoms in total. The normalized spacial score (nSPS) is 12.2. The number of aliphatic hydroxyl groups excluding tert-OH is 1. The molecule has 0 radical (unpaired) electrons. The van der Waals surface area contributed by atoms with Crippen molar-refractivity contribution in [3.63, 3.8) is 0 Å². The van der Waals surface area contributed by atoms with Crippen molar-refractivity contribution >= 4 is 27.4 Å². The average Bonchev–Trinajstić information content (AvgIpc) is 2.93. The van der Waals surface area contributed by atoms with Crippen LogP contribution in [0.15, 0.2) is 107 Å². The van der Waals surface area contributed by atoms with Crippen molar-refractivity contribution in [3.8, 4) is 16.9 Å². The fraction of sp³-hybridized carbons (Fsp3) is 0.138. The molecule has 0 fully saturated rings. The smallest absolute Gasteiger partial charge is 0.335 e. The molecular weight excluding hydrogens is 526 g/mol. The average molecular weight is 552 g/mol. The number of hydrogen-bond acceptors (Lipinski definition) is 6. The molecule has 0 aromatic heterocycles. The van der Waals surface area contributed by atoms with Crippen LogP contribution >= 0.6 is 11.6 Å². The summed E-state index contributed by atoms with van der Waals surface area (Å²) in [7, 11) is -3.74. The third-order valence-electron chi connectivity index (χ3n) is 5.86. The van der Waals surface area contributed by atoms with E-state index in [2.05, 4.69) is 5.32 Å². The molecule has 0 saturated heterocycles. The van der Waals surface area contributed by atoms with Gasteiger partial charge in [0.25, 0.3) is 0 Å². The molecule has 3 N–H and O–H groups in total. The number of hydrogen-bond donors (Lipinski definition) is 3. The summed E-state index contributed by atoms with van der Waals surface area (Å²) in [5, 5.41) is 23.1. The van der Waals surface area contributed by atoms with Gasteiger partial charge in [0.05, 0.1) is 21.5 Å². The van der Waals surface area contributed by atoms with Crippen LogP contribution in [0.2, 0.25) is 5.02 Å². The van der Waals surface area contributed by atoms with Crippen LogP contribution in [0, 0.1) is 0 Å². The van der Waals surface area contributed by atoms with Gasteiger partial charge in [0.15, 0.2) is 0 Å². The maximum Gasteiger partial charge on any atom is 0.335 e. The molecule has 0 bridgehead atoms. The molecule has 1 atom stereocenters. The summed E-state index contributed by atoms with van der Waals surface area (Å²) in [6.45, 7) is 1.16. The first-order chi connectivity index (χ1) is 18.2. The second kappa shape index (κ2) is 12.2. The predicted molar refractivity (Wildman–Crippen MR) is 146 cm³/mol. The molecule has 0 unspecified atom stereocenters. The van der Waals surface area contributed by atoms with Gasteiger partial charge < -0.3 is 20.3 Å². The number of halogens is 1. The summed E-state index contributed by atoms with van der Waals surface area (Å²) in [5.74, 6) is -0.503. The van der Waals surface area contributed by atoms with Crippen molar-refractivity contribution < 1.29 is 28.2 Å². The molecule has 4 aromatic rings.